The van der Waals surface area contributed by atoms with Gasteiger partial charge in [-0.2, -0.15) is 0 Å². The van der Waals surface area contributed by atoms with E-state index in [1.807, 2.05) is 36.6 Å². The molecule has 2 aromatic rings. The first-order chi connectivity index (χ1) is 9.22. The van der Waals surface area contributed by atoms with E-state index in [2.05, 4.69) is 22.2 Å². The highest BCUT2D eigenvalue weighted by atomic mass is 32.2. The normalized spacial score (nSPS) is 11.9. The van der Waals surface area contributed by atoms with Gasteiger partial charge in [0.05, 0.1) is 7.11 Å². The molecule has 2 rings (SSSR count). The van der Waals surface area contributed by atoms with Gasteiger partial charge in [-0.3, -0.25) is 0 Å². The lowest BCUT2D eigenvalue weighted by Crippen LogP contribution is -2.08. The predicted molar refractivity (Wildman–Crippen MR) is 78.8 cm³/mol. The van der Waals surface area contributed by atoms with Crippen LogP contribution in [-0.2, 0) is 0 Å². The standard InChI is InChI=1S/C14H17N3OS/c1-10(11-4-6-12(18-2)7-5-11)17-13-8-14(19-3)16-9-15-13/h4-10H,1-3H3,(H,15,16,17). The average Bonchev–Trinajstić information content (AvgIpc) is 2.47. The Bertz CT molecular complexity index is 530. The van der Waals surface area contributed by atoms with Gasteiger partial charge < -0.3 is 10.1 Å². The number of thioether (sulfide) groups is 1. The Morgan fingerprint density at radius 2 is 1.95 bits per heavy atom. The molecule has 4 nitrogen and oxygen atoms in total. The van der Waals surface area contributed by atoms with Gasteiger partial charge in [-0.15, -0.1) is 11.8 Å². The van der Waals surface area contributed by atoms with Gasteiger partial charge in [0.1, 0.15) is 22.9 Å². The number of hydrogen-bond donors (Lipinski definition) is 1. The van der Waals surface area contributed by atoms with E-state index in [9.17, 15) is 0 Å². The summed E-state index contributed by atoms with van der Waals surface area (Å²) in [5, 5.41) is 4.32. The molecule has 5 heteroatoms. The van der Waals surface area contributed by atoms with Gasteiger partial charge in [-0.1, -0.05) is 12.1 Å². The van der Waals surface area contributed by atoms with E-state index in [0.29, 0.717) is 0 Å². The summed E-state index contributed by atoms with van der Waals surface area (Å²) >= 11 is 1.60. The van der Waals surface area contributed by atoms with Crippen molar-refractivity contribution in [3.8, 4) is 5.75 Å². The minimum absolute atomic E-state index is 0.176. The number of nitrogens with zero attached hydrogens (tertiary/aromatic N) is 2. The lowest BCUT2D eigenvalue weighted by atomic mass is 10.1. The van der Waals surface area contributed by atoms with Gasteiger partial charge >= 0.3 is 0 Å². The van der Waals surface area contributed by atoms with Crippen LogP contribution in [0.1, 0.15) is 18.5 Å². The Kier molecular flexibility index (Phi) is 4.63. The summed E-state index contributed by atoms with van der Waals surface area (Å²) in [5.74, 6) is 1.70. The van der Waals surface area contributed by atoms with Crippen LogP contribution >= 0.6 is 11.8 Å². The Morgan fingerprint density at radius 3 is 2.58 bits per heavy atom. The summed E-state index contributed by atoms with van der Waals surface area (Å²) in [5.41, 5.74) is 1.19. The lowest BCUT2D eigenvalue weighted by molar-refractivity contribution is 0.414. The molecule has 0 bridgehead atoms. The van der Waals surface area contributed by atoms with E-state index in [-0.39, 0.29) is 6.04 Å². The van der Waals surface area contributed by atoms with Crippen LogP contribution in [0.5, 0.6) is 5.75 Å². The molecular formula is C14H17N3OS. The van der Waals surface area contributed by atoms with Gasteiger partial charge in [0.25, 0.3) is 0 Å². The van der Waals surface area contributed by atoms with Crippen LogP contribution in [0.15, 0.2) is 41.7 Å². The number of benzene rings is 1. The third-order valence-electron chi connectivity index (χ3n) is 2.83. The van der Waals surface area contributed by atoms with Crippen molar-refractivity contribution >= 4 is 17.6 Å². The van der Waals surface area contributed by atoms with Gasteiger partial charge in [0.2, 0.25) is 0 Å². The largest absolute Gasteiger partial charge is 0.497 e. The first kappa shape index (κ1) is 13.7. The van der Waals surface area contributed by atoms with Crippen molar-refractivity contribution < 1.29 is 4.74 Å². The number of nitrogens with one attached hydrogen (secondary N) is 1. The van der Waals surface area contributed by atoms with Crippen molar-refractivity contribution in [2.45, 2.75) is 18.0 Å². The summed E-state index contributed by atoms with van der Waals surface area (Å²) in [6.45, 7) is 2.10. The highest BCUT2D eigenvalue weighted by molar-refractivity contribution is 7.98. The fourth-order valence-corrected chi connectivity index (χ4v) is 2.11. The molecule has 1 N–H and O–H groups in total. The third-order valence-corrected chi connectivity index (χ3v) is 3.47. The first-order valence-electron chi connectivity index (χ1n) is 5.99. The maximum absolute atomic E-state index is 5.15. The zero-order chi connectivity index (χ0) is 13.7. The smallest absolute Gasteiger partial charge is 0.130 e. The minimum Gasteiger partial charge on any atom is -0.497 e. The van der Waals surface area contributed by atoms with Crippen LogP contribution in [0, 0.1) is 0 Å². The molecule has 0 aliphatic rings. The number of rotatable bonds is 5. The monoisotopic (exact) mass is 275 g/mol. The SMILES string of the molecule is COc1ccc(C(C)Nc2cc(SC)ncn2)cc1. The van der Waals surface area contributed by atoms with E-state index in [1.165, 1.54) is 5.56 Å². The number of ether oxygens (including phenoxy) is 1. The predicted octanol–water partition coefficient (Wildman–Crippen LogP) is 3.38. The van der Waals surface area contributed by atoms with Crippen LogP contribution < -0.4 is 10.1 Å². The zero-order valence-corrected chi connectivity index (χ0v) is 12.1. The van der Waals surface area contributed by atoms with Crippen molar-refractivity contribution in [1.29, 1.82) is 0 Å². The minimum atomic E-state index is 0.176. The van der Waals surface area contributed by atoms with E-state index in [4.69, 9.17) is 4.74 Å². The van der Waals surface area contributed by atoms with E-state index in [1.54, 1.807) is 25.2 Å². The summed E-state index contributed by atoms with van der Waals surface area (Å²) in [6, 6.07) is 10.1. The average molecular weight is 275 g/mol. The van der Waals surface area contributed by atoms with Crippen LogP contribution in [0.25, 0.3) is 0 Å². The Hall–Kier alpha value is -1.75. The number of anilines is 1. The molecule has 0 amide bonds. The van der Waals surface area contributed by atoms with Gasteiger partial charge in [-0.05, 0) is 30.9 Å². The number of hydrogen-bond acceptors (Lipinski definition) is 5. The molecular weight excluding hydrogens is 258 g/mol. The van der Waals surface area contributed by atoms with Crippen LogP contribution in [-0.4, -0.2) is 23.3 Å². The summed E-state index contributed by atoms with van der Waals surface area (Å²) in [4.78, 5) is 8.38. The van der Waals surface area contributed by atoms with Gasteiger partial charge in [0, 0.05) is 12.1 Å². The van der Waals surface area contributed by atoms with Crippen molar-refractivity contribution in [3.63, 3.8) is 0 Å². The molecule has 0 aliphatic heterocycles. The molecule has 1 unspecified atom stereocenters. The quantitative estimate of drug-likeness (QED) is 0.669. The second kappa shape index (κ2) is 6.43. The molecule has 0 spiro atoms. The van der Waals surface area contributed by atoms with Crippen molar-refractivity contribution in [1.82, 2.24) is 9.97 Å². The number of aromatic nitrogens is 2. The van der Waals surface area contributed by atoms with Gasteiger partial charge in [0.15, 0.2) is 0 Å². The molecule has 1 atom stereocenters. The lowest BCUT2D eigenvalue weighted by Gasteiger charge is -2.15. The summed E-state index contributed by atoms with van der Waals surface area (Å²) in [7, 11) is 1.67. The highest BCUT2D eigenvalue weighted by Gasteiger charge is 2.07. The topological polar surface area (TPSA) is 47.0 Å². The maximum atomic E-state index is 5.15. The molecule has 0 saturated heterocycles. The summed E-state index contributed by atoms with van der Waals surface area (Å²) < 4.78 is 5.15. The first-order valence-corrected chi connectivity index (χ1v) is 7.22. The Morgan fingerprint density at radius 1 is 1.21 bits per heavy atom. The van der Waals surface area contributed by atoms with Gasteiger partial charge in [-0.25, -0.2) is 9.97 Å². The molecule has 0 saturated carbocycles. The molecule has 1 aromatic carbocycles. The Balaban J connectivity index is 2.08. The highest BCUT2D eigenvalue weighted by Crippen LogP contribution is 2.22. The molecule has 100 valence electrons. The fraction of sp³-hybridized carbons (Fsp3) is 0.286. The second-order valence-electron chi connectivity index (χ2n) is 4.08. The van der Waals surface area contributed by atoms with Crippen molar-refractivity contribution in [2.75, 3.05) is 18.7 Å². The molecule has 0 aliphatic carbocycles. The van der Waals surface area contributed by atoms with Crippen molar-refractivity contribution in [3.05, 3.63) is 42.2 Å². The Labute approximate surface area is 117 Å². The third kappa shape index (κ3) is 3.61. The molecule has 19 heavy (non-hydrogen) atoms. The zero-order valence-electron chi connectivity index (χ0n) is 11.3. The van der Waals surface area contributed by atoms with Crippen LogP contribution in [0.2, 0.25) is 0 Å². The van der Waals surface area contributed by atoms with E-state index in [0.717, 1.165) is 16.6 Å². The number of methoxy groups -OCH3 is 1. The van der Waals surface area contributed by atoms with Crippen molar-refractivity contribution in [2.24, 2.45) is 0 Å². The van der Waals surface area contributed by atoms with E-state index >= 15 is 0 Å². The van der Waals surface area contributed by atoms with Crippen LogP contribution in [0.3, 0.4) is 0 Å². The molecule has 0 fully saturated rings. The van der Waals surface area contributed by atoms with E-state index < -0.39 is 0 Å². The summed E-state index contributed by atoms with van der Waals surface area (Å²) in [6.07, 6.45) is 3.58. The molecule has 0 radical (unpaired) electrons. The molecule has 1 aromatic heterocycles. The maximum Gasteiger partial charge on any atom is 0.130 e. The fourth-order valence-electron chi connectivity index (χ4n) is 1.73. The van der Waals surface area contributed by atoms with Crippen LogP contribution in [0.4, 0.5) is 5.82 Å². The molecule has 1 heterocycles. The second-order valence-corrected chi connectivity index (χ2v) is 4.91.